The second-order valence-corrected chi connectivity index (χ2v) is 6.24. The second kappa shape index (κ2) is 7.11. The van der Waals surface area contributed by atoms with Crippen molar-refractivity contribution >= 4 is 17.4 Å². The zero-order valence-electron chi connectivity index (χ0n) is 12.8. The number of nitrogens with one attached hydrogen (secondary N) is 1. The van der Waals surface area contributed by atoms with Gasteiger partial charge in [-0.1, -0.05) is 18.5 Å². The highest BCUT2D eigenvalue weighted by Crippen LogP contribution is 2.24. The minimum Gasteiger partial charge on any atom is -0.356 e. The molecule has 0 atom stereocenters. The normalized spacial score (nSPS) is 11.7. The standard InChI is InChI=1S/C15H26ClN3/c1-6-8-19(7-2)14-13(16)9-12(10-17-14)11-18-15(3,4)5/h9-10,18H,6-8,11H2,1-5H3. The first-order valence-electron chi connectivity index (χ1n) is 7.01. The molecule has 0 spiro atoms. The molecule has 0 saturated carbocycles. The minimum atomic E-state index is 0.100. The van der Waals surface area contributed by atoms with Gasteiger partial charge in [0.1, 0.15) is 5.82 Å². The largest absolute Gasteiger partial charge is 0.356 e. The maximum absolute atomic E-state index is 6.36. The number of hydrogen-bond acceptors (Lipinski definition) is 3. The van der Waals surface area contributed by atoms with E-state index in [1.54, 1.807) is 0 Å². The lowest BCUT2D eigenvalue weighted by atomic mass is 10.1. The molecule has 19 heavy (non-hydrogen) atoms. The number of aromatic nitrogens is 1. The summed E-state index contributed by atoms with van der Waals surface area (Å²) in [5.74, 6) is 0.894. The number of hydrogen-bond donors (Lipinski definition) is 1. The second-order valence-electron chi connectivity index (χ2n) is 5.83. The number of pyridine rings is 1. The van der Waals surface area contributed by atoms with Crippen LogP contribution in [-0.2, 0) is 6.54 Å². The molecule has 0 fully saturated rings. The van der Waals surface area contributed by atoms with Crippen LogP contribution in [-0.4, -0.2) is 23.6 Å². The lowest BCUT2D eigenvalue weighted by molar-refractivity contribution is 0.424. The molecule has 1 aromatic rings. The molecule has 0 aliphatic carbocycles. The van der Waals surface area contributed by atoms with E-state index in [1.807, 2.05) is 12.3 Å². The molecule has 1 N–H and O–H groups in total. The van der Waals surface area contributed by atoms with E-state index in [0.717, 1.165) is 42.5 Å². The molecule has 0 amide bonds. The van der Waals surface area contributed by atoms with E-state index in [4.69, 9.17) is 11.6 Å². The Morgan fingerprint density at radius 1 is 1.32 bits per heavy atom. The summed E-state index contributed by atoms with van der Waals surface area (Å²) in [5, 5.41) is 4.18. The van der Waals surface area contributed by atoms with Gasteiger partial charge in [-0.2, -0.15) is 0 Å². The van der Waals surface area contributed by atoms with E-state index < -0.39 is 0 Å². The molecule has 3 nitrogen and oxygen atoms in total. The fourth-order valence-corrected chi connectivity index (χ4v) is 2.16. The van der Waals surface area contributed by atoms with Crippen LogP contribution in [0.15, 0.2) is 12.3 Å². The van der Waals surface area contributed by atoms with Gasteiger partial charge in [0.25, 0.3) is 0 Å². The third-order valence-corrected chi connectivity index (χ3v) is 3.15. The predicted molar refractivity (Wildman–Crippen MR) is 84.0 cm³/mol. The van der Waals surface area contributed by atoms with Gasteiger partial charge in [0.15, 0.2) is 0 Å². The smallest absolute Gasteiger partial charge is 0.147 e. The van der Waals surface area contributed by atoms with Crippen LogP contribution >= 0.6 is 11.6 Å². The van der Waals surface area contributed by atoms with Gasteiger partial charge in [-0.05, 0) is 45.7 Å². The fraction of sp³-hybridized carbons (Fsp3) is 0.667. The fourth-order valence-electron chi connectivity index (χ4n) is 1.85. The number of anilines is 1. The Labute approximate surface area is 122 Å². The summed E-state index contributed by atoms with van der Waals surface area (Å²) in [4.78, 5) is 6.73. The quantitative estimate of drug-likeness (QED) is 0.859. The van der Waals surface area contributed by atoms with Gasteiger partial charge in [-0.3, -0.25) is 0 Å². The molecular formula is C15H26ClN3. The van der Waals surface area contributed by atoms with Gasteiger partial charge in [-0.15, -0.1) is 0 Å². The molecule has 4 heteroatoms. The Morgan fingerprint density at radius 2 is 2.00 bits per heavy atom. The third-order valence-electron chi connectivity index (χ3n) is 2.88. The minimum absolute atomic E-state index is 0.100. The molecular weight excluding hydrogens is 258 g/mol. The van der Waals surface area contributed by atoms with Crippen molar-refractivity contribution in [3.8, 4) is 0 Å². The number of nitrogens with zero attached hydrogens (tertiary/aromatic N) is 2. The van der Waals surface area contributed by atoms with Gasteiger partial charge in [-0.25, -0.2) is 4.98 Å². The Hall–Kier alpha value is -0.800. The van der Waals surface area contributed by atoms with Crippen LogP contribution in [0.5, 0.6) is 0 Å². The van der Waals surface area contributed by atoms with Crippen LogP contribution in [0.3, 0.4) is 0 Å². The molecule has 0 aliphatic heterocycles. The van der Waals surface area contributed by atoms with Gasteiger partial charge >= 0.3 is 0 Å². The maximum atomic E-state index is 6.36. The first kappa shape index (κ1) is 16.3. The summed E-state index contributed by atoms with van der Waals surface area (Å²) in [6, 6.07) is 2.01. The zero-order valence-corrected chi connectivity index (χ0v) is 13.5. The van der Waals surface area contributed by atoms with Crippen molar-refractivity contribution in [2.24, 2.45) is 0 Å². The van der Waals surface area contributed by atoms with E-state index >= 15 is 0 Å². The average molecular weight is 284 g/mol. The third kappa shape index (κ3) is 5.37. The van der Waals surface area contributed by atoms with Crippen LogP contribution in [0.1, 0.15) is 46.6 Å². The summed E-state index contributed by atoms with van der Waals surface area (Å²) < 4.78 is 0. The van der Waals surface area contributed by atoms with Crippen LogP contribution in [0, 0.1) is 0 Å². The van der Waals surface area contributed by atoms with Crippen molar-refractivity contribution in [1.82, 2.24) is 10.3 Å². The van der Waals surface area contributed by atoms with Crippen molar-refractivity contribution in [2.75, 3.05) is 18.0 Å². The molecule has 0 unspecified atom stereocenters. The Balaban J connectivity index is 2.79. The topological polar surface area (TPSA) is 28.2 Å². The molecule has 0 aromatic carbocycles. The highest BCUT2D eigenvalue weighted by atomic mass is 35.5. The molecule has 0 aliphatic rings. The average Bonchev–Trinajstić information content (AvgIpc) is 2.33. The number of rotatable bonds is 6. The van der Waals surface area contributed by atoms with Crippen molar-refractivity contribution in [2.45, 2.75) is 53.1 Å². The Morgan fingerprint density at radius 3 is 2.47 bits per heavy atom. The monoisotopic (exact) mass is 283 g/mol. The summed E-state index contributed by atoms with van der Waals surface area (Å²) in [6.45, 7) is 13.4. The van der Waals surface area contributed by atoms with Crippen molar-refractivity contribution in [3.05, 3.63) is 22.8 Å². The van der Waals surface area contributed by atoms with Crippen LogP contribution in [0.25, 0.3) is 0 Å². The van der Waals surface area contributed by atoms with E-state index in [2.05, 4.69) is 49.8 Å². The van der Waals surface area contributed by atoms with Crippen molar-refractivity contribution in [3.63, 3.8) is 0 Å². The van der Waals surface area contributed by atoms with Crippen LogP contribution in [0.4, 0.5) is 5.82 Å². The molecule has 0 saturated heterocycles. The molecule has 1 aromatic heterocycles. The molecule has 0 radical (unpaired) electrons. The van der Waals surface area contributed by atoms with Gasteiger partial charge in [0, 0.05) is 31.4 Å². The lowest BCUT2D eigenvalue weighted by Gasteiger charge is -2.23. The maximum Gasteiger partial charge on any atom is 0.147 e. The van der Waals surface area contributed by atoms with Gasteiger partial charge < -0.3 is 10.2 Å². The zero-order chi connectivity index (χ0) is 14.5. The van der Waals surface area contributed by atoms with E-state index in [-0.39, 0.29) is 5.54 Å². The van der Waals surface area contributed by atoms with Crippen LogP contribution < -0.4 is 10.2 Å². The van der Waals surface area contributed by atoms with E-state index in [0.29, 0.717) is 0 Å². The summed E-state index contributed by atoms with van der Waals surface area (Å²) in [6.07, 6.45) is 3.01. The first-order chi connectivity index (χ1) is 8.87. The molecule has 108 valence electrons. The first-order valence-corrected chi connectivity index (χ1v) is 7.39. The Bertz CT molecular complexity index is 399. The van der Waals surface area contributed by atoms with Crippen LogP contribution in [0.2, 0.25) is 5.02 Å². The molecule has 0 bridgehead atoms. The molecule has 1 rings (SSSR count). The van der Waals surface area contributed by atoms with Crippen molar-refractivity contribution in [1.29, 1.82) is 0 Å². The summed E-state index contributed by atoms with van der Waals surface area (Å²) in [7, 11) is 0. The summed E-state index contributed by atoms with van der Waals surface area (Å²) >= 11 is 6.36. The highest BCUT2D eigenvalue weighted by molar-refractivity contribution is 6.33. The Kier molecular flexibility index (Phi) is 6.08. The predicted octanol–water partition coefficient (Wildman–Crippen LogP) is 3.86. The van der Waals surface area contributed by atoms with E-state index in [1.165, 1.54) is 0 Å². The lowest BCUT2D eigenvalue weighted by Crippen LogP contribution is -2.35. The highest BCUT2D eigenvalue weighted by Gasteiger charge is 2.12. The SMILES string of the molecule is CCCN(CC)c1ncc(CNC(C)(C)C)cc1Cl. The van der Waals surface area contributed by atoms with Crippen molar-refractivity contribution < 1.29 is 0 Å². The summed E-state index contributed by atoms with van der Waals surface area (Å²) in [5.41, 5.74) is 1.22. The van der Waals surface area contributed by atoms with Gasteiger partial charge in [0.2, 0.25) is 0 Å². The number of halogens is 1. The van der Waals surface area contributed by atoms with E-state index in [9.17, 15) is 0 Å². The van der Waals surface area contributed by atoms with Gasteiger partial charge in [0.05, 0.1) is 5.02 Å². The molecule has 1 heterocycles.